The molecule has 106 valence electrons. The van der Waals surface area contributed by atoms with Crippen molar-refractivity contribution >= 4 is 16.9 Å². The maximum atomic E-state index is 11.3. The fraction of sp³-hybridized carbons (Fsp3) is 0.375. The molecule has 2 rings (SSSR count). The van der Waals surface area contributed by atoms with Crippen LogP contribution >= 0.6 is 0 Å². The molecule has 0 fully saturated rings. The number of carbonyl (C=O) groups is 1. The zero-order chi connectivity index (χ0) is 14.7. The Morgan fingerprint density at radius 1 is 1.30 bits per heavy atom. The highest BCUT2D eigenvalue weighted by molar-refractivity contribution is 5.98. The first-order chi connectivity index (χ1) is 9.49. The zero-order valence-corrected chi connectivity index (χ0v) is 12.0. The largest absolute Gasteiger partial charge is 0.489 e. The van der Waals surface area contributed by atoms with Gasteiger partial charge in [0, 0.05) is 11.6 Å². The lowest BCUT2D eigenvalue weighted by molar-refractivity contribution is 0.0689. The Morgan fingerprint density at radius 2 is 2.00 bits per heavy atom. The summed E-state index contributed by atoms with van der Waals surface area (Å²) in [7, 11) is 0. The molecule has 0 aliphatic carbocycles. The Labute approximate surface area is 118 Å². The lowest BCUT2D eigenvalue weighted by Crippen LogP contribution is -2.16. The van der Waals surface area contributed by atoms with Gasteiger partial charge in [-0.3, -0.25) is 4.98 Å². The molecule has 1 aromatic heterocycles. The highest BCUT2D eigenvalue weighted by atomic mass is 16.5. The van der Waals surface area contributed by atoms with E-state index in [1.54, 1.807) is 0 Å². The van der Waals surface area contributed by atoms with Crippen molar-refractivity contribution in [2.24, 2.45) is 5.92 Å². The second kappa shape index (κ2) is 5.90. The summed E-state index contributed by atoms with van der Waals surface area (Å²) in [5.41, 5.74) is 0.851. The maximum Gasteiger partial charge on any atom is 0.341 e. The summed E-state index contributed by atoms with van der Waals surface area (Å²) in [6.07, 6.45) is 2.19. The molecule has 20 heavy (non-hydrogen) atoms. The number of aromatic nitrogens is 1. The summed E-state index contributed by atoms with van der Waals surface area (Å²) < 4.78 is 5.91. The van der Waals surface area contributed by atoms with Crippen LogP contribution in [0.25, 0.3) is 10.9 Å². The number of benzene rings is 1. The lowest BCUT2D eigenvalue weighted by atomic mass is 10.1. The Hall–Kier alpha value is -2.10. The van der Waals surface area contributed by atoms with E-state index in [1.807, 2.05) is 31.2 Å². The molecule has 0 saturated carbocycles. The van der Waals surface area contributed by atoms with Gasteiger partial charge in [-0.1, -0.05) is 26.0 Å². The molecule has 0 radical (unpaired) electrons. The first-order valence-corrected chi connectivity index (χ1v) is 6.76. The van der Waals surface area contributed by atoms with Crippen LogP contribution in [0.1, 0.15) is 37.6 Å². The van der Waals surface area contributed by atoms with Gasteiger partial charge < -0.3 is 9.84 Å². The van der Waals surface area contributed by atoms with Crippen LogP contribution in [-0.2, 0) is 0 Å². The Bertz CT molecular complexity index is 622. The van der Waals surface area contributed by atoms with Gasteiger partial charge in [-0.15, -0.1) is 0 Å². The second-order valence-electron chi connectivity index (χ2n) is 5.38. The molecule has 0 aliphatic rings. The fourth-order valence-electron chi connectivity index (χ4n) is 2.31. The maximum absolute atomic E-state index is 11.3. The van der Waals surface area contributed by atoms with Gasteiger partial charge in [-0.2, -0.15) is 0 Å². The van der Waals surface area contributed by atoms with Crippen LogP contribution in [0.2, 0.25) is 0 Å². The van der Waals surface area contributed by atoms with Crippen LogP contribution < -0.4 is 4.74 Å². The molecular weight excluding hydrogens is 254 g/mol. The van der Waals surface area contributed by atoms with Gasteiger partial charge >= 0.3 is 5.97 Å². The highest BCUT2D eigenvalue weighted by Crippen LogP contribution is 2.30. The standard InChI is InChI=1S/C16H19NO3/c1-10(2)8-11(3)20-15-12-6-4-5-7-14(12)17-9-13(15)16(18)19/h4-7,9-11H,8H2,1-3H3,(H,18,19). The summed E-state index contributed by atoms with van der Waals surface area (Å²) in [5.74, 6) is -0.113. The van der Waals surface area contributed by atoms with Gasteiger partial charge in [0.05, 0.1) is 11.6 Å². The van der Waals surface area contributed by atoms with E-state index in [1.165, 1.54) is 6.20 Å². The van der Waals surface area contributed by atoms with E-state index in [0.717, 1.165) is 17.3 Å². The minimum absolute atomic E-state index is 0.0427. The number of hydrogen-bond acceptors (Lipinski definition) is 3. The summed E-state index contributed by atoms with van der Waals surface area (Å²) in [5, 5.41) is 10.0. The van der Waals surface area contributed by atoms with Crippen molar-refractivity contribution in [3.63, 3.8) is 0 Å². The van der Waals surface area contributed by atoms with Crippen molar-refractivity contribution in [3.05, 3.63) is 36.0 Å². The smallest absolute Gasteiger partial charge is 0.341 e. The summed E-state index contributed by atoms with van der Waals surface area (Å²) in [4.78, 5) is 15.5. The van der Waals surface area contributed by atoms with Crippen molar-refractivity contribution in [2.75, 3.05) is 0 Å². The van der Waals surface area contributed by atoms with Crippen LogP contribution in [0.5, 0.6) is 5.75 Å². The predicted molar refractivity (Wildman–Crippen MR) is 78.2 cm³/mol. The third-order valence-corrected chi connectivity index (χ3v) is 3.08. The monoisotopic (exact) mass is 273 g/mol. The van der Waals surface area contributed by atoms with Crippen LogP contribution in [0, 0.1) is 5.92 Å². The fourth-order valence-corrected chi connectivity index (χ4v) is 2.31. The van der Waals surface area contributed by atoms with Gasteiger partial charge in [0.25, 0.3) is 0 Å². The average molecular weight is 273 g/mol. The predicted octanol–water partition coefficient (Wildman–Crippen LogP) is 3.75. The van der Waals surface area contributed by atoms with E-state index in [-0.39, 0.29) is 11.7 Å². The highest BCUT2D eigenvalue weighted by Gasteiger charge is 2.18. The van der Waals surface area contributed by atoms with Crippen LogP contribution in [0.4, 0.5) is 0 Å². The van der Waals surface area contributed by atoms with E-state index in [2.05, 4.69) is 18.8 Å². The van der Waals surface area contributed by atoms with E-state index >= 15 is 0 Å². The number of nitrogens with zero attached hydrogens (tertiary/aromatic N) is 1. The number of para-hydroxylation sites is 1. The number of aromatic carboxylic acids is 1. The van der Waals surface area contributed by atoms with Gasteiger partial charge in [0.1, 0.15) is 11.3 Å². The van der Waals surface area contributed by atoms with Crippen molar-refractivity contribution in [3.8, 4) is 5.75 Å². The van der Waals surface area contributed by atoms with Crippen LogP contribution in [0.15, 0.2) is 30.5 Å². The zero-order valence-electron chi connectivity index (χ0n) is 12.0. The number of carboxylic acid groups (broad SMARTS) is 1. The minimum atomic E-state index is -1.02. The Kier molecular flexibility index (Phi) is 4.23. The molecule has 0 spiro atoms. The molecule has 1 atom stereocenters. The number of carboxylic acids is 1. The third-order valence-electron chi connectivity index (χ3n) is 3.08. The Morgan fingerprint density at radius 3 is 2.65 bits per heavy atom. The van der Waals surface area contributed by atoms with Crippen LogP contribution in [-0.4, -0.2) is 22.2 Å². The molecule has 0 amide bonds. The number of pyridine rings is 1. The number of fused-ring (bicyclic) bond motifs is 1. The molecule has 4 heteroatoms. The number of ether oxygens (including phenoxy) is 1. The van der Waals surface area contributed by atoms with Crippen molar-refractivity contribution in [1.29, 1.82) is 0 Å². The molecule has 1 N–H and O–H groups in total. The van der Waals surface area contributed by atoms with Gasteiger partial charge in [-0.05, 0) is 31.4 Å². The van der Waals surface area contributed by atoms with Crippen LogP contribution in [0.3, 0.4) is 0 Å². The average Bonchev–Trinajstić information content (AvgIpc) is 2.37. The van der Waals surface area contributed by atoms with Crippen molar-refractivity contribution in [1.82, 2.24) is 4.98 Å². The van der Waals surface area contributed by atoms with Gasteiger partial charge in [-0.25, -0.2) is 4.79 Å². The van der Waals surface area contributed by atoms with Gasteiger partial charge in [0.15, 0.2) is 0 Å². The molecule has 1 unspecified atom stereocenters. The first-order valence-electron chi connectivity index (χ1n) is 6.76. The topological polar surface area (TPSA) is 59.4 Å². The lowest BCUT2D eigenvalue weighted by Gasteiger charge is -2.19. The number of hydrogen-bond donors (Lipinski definition) is 1. The third kappa shape index (κ3) is 3.07. The Balaban J connectivity index is 2.47. The van der Waals surface area contributed by atoms with E-state index in [9.17, 15) is 9.90 Å². The SMILES string of the molecule is CC(C)CC(C)Oc1c(C(=O)O)cnc2ccccc12. The second-order valence-corrected chi connectivity index (χ2v) is 5.38. The summed E-state index contributed by atoms with van der Waals surface area (Å²) >= 11 is 0. The molecular formula is C16H19NO3. The molecule has 0 bridgehead atoms. The quantitative estimate of drug-likeness (QED) is 0.901. The number of rotatable bonds is 5. The van der Waals surface area contributed by atoms with Crippen molar-refractivity contribution in [2.45, 2.75) is 33.3 Å². The van der Waals surface area contributed by atoms with E-state index in [0.29, 0.717) is 11.7 Å². The molecule has 4 nitrogen and oxygen atoms in total. The van der Waals surface area contributed by atoms with Crippen molar-refractivity contribution < 1.29 is 14.6 Å². The molecule has 0 saturated heterocycles. The van der Waals surface area contributed by atoms with E-state index < -0.39 is 5.97 Å². The van der Waals surface area contributed by atoms with E-state index in [4.69, 9.17) is 4.74 Å². The minimum Gasteiger partial charge on any atom is -0.489 e. The van der Waals surface area contributed by atoms with Gasteiger partial charge in [0.2, 0.25) is 0 Å². The summed E-state index contributed by atoms with van der Waals surface area (Å²) in [6.45, 7) is 6.19. The normalized spacial score (nSPS) is 12.6. The molecule has 1 aromatic carbocycles. The molecule has 1 heterocycles. The summed E-state index contributed by atoms with van der Waals surface area (Å²) in [6, 6.07) is 7.42. The first kappa shape index (κ1) is 14.3. The molecule has 2 aromatic rings. The molecule has 0 aliphatic heterocycles.